The van der Waals surface area contributed by atoms with Gasteiger partial charge in [-0.3, -0.25) is 14.2 Å². The first-order valence-electron chi connectivity index (χ1n) is 9.99. The highest BCUT2D eigenvalue weighted by molar-refractivity contribution is 6.31. The van der Waals surface area contributed by atoms with Crippen LogP contribution in [0.25, 0.3) is 16.6 Å². The molecule has 0 radical (unpaired) electrons. The maximum absolute atomic E-state index is 13.1. The van der Waals surface area contributed by atoms with Crippen molar-refractivity contribution in [3.63, 3.8) is 0 Å². The summed E-state index contributed by atoms with van der Waals surface area (Å²) >= 11 is 6.02. The van der Waals surface area contributed by atoms with E-state index in [0.717, 1.165) is 22.8 Å². The minimum Gasteiger partial charge on any atom is -0.494 e. The van der Waals surface area contributed by atoms with Crippen molar-refractivity contribution in [2.75, 3.05) is 6.61 Å². The van der Waals surface area contributed by atoms with Crippen LogP contribution in [0, 0.1) is 13.8 Å². The molecule has 0 fully saturated rings. The number of Topliss-reactive ketones (excluding diaryl/α,β-unsaturated/α-hetero) is 1. The first kappa shape index (κ1) is 20.9. The van der Waals surface area contributed by atoms with Crippen LogP contribution in [-0.4, -0.2) is 26.5 Å². The minimum atomic E-state index is -0.291. The van der Waals surface area contributed by atoms with Gasteiger partial charge >= 0.3 is 0 Å². The second-order valence-electron chi connectivity index (χ2n) is 7.31. The number of fused-ring (bicyclic) bond motifs is 1. The van der Waals surface area contributed by atoms with Crippen molar-refractivity contribution in [2.24, 2.45) is 0 Å². The molecule has 0 bridgehead atoms. The summed E-state index contributed by atoms with van der Waals surface area (Å²) in [6.07, 6.45) is 1.40. The molecular weight excluding hydrogens is 414 g/mol. The van der Waals surface area contributed by atoms with Gasteiger partial charge in [0.25, 0.3) is 5.56 Å². The van der Waals surface area contributed by atoms with Gasteiger partial charge in [-0.05, 0) is 69.3 Å². The zero-order valence-corrected chi connectivity index (χ0v) is 18.3. The van der Waals surface area contributed by atoms with E-state index >= 15 is 0 Å². The van der Waals surface area contributed by atoms with Crippen molar-refractivity contribution in [3.8, 4) is 11.4 Å². The smallest absolute Gasteiger partial charge is 0.261 e. The van der Waals surface area contributed by atoms with Gasteiger partial charge in [0.15, 0.2) is 5.78 Å². The van der Waals surface area contributed by atoms with E-state index in [1.54, 1.807) is 18.2 Å². The van der Waals surface area contributed by atoms with Gasteiger partial charge in [-0.15, -0.1) is 0 Å². The fraction of sp³-hybridized carbons (Fsp3) is 0.208. The average molecular weight is 436 g/mol. The lowest BCUT2D eigenvalue weighted by atomic mass is 10.1. The molecule has 0 amide bonds. The van der Waals surface area contributed by atoms with Gasteiger partial charge in [-0.25, -0.2) is 4.98 Å². The van der Waals surface area contributed by atoms with Gasteiger partial charge in [0.1, 0.15) is 5.75 Å². The molecule has 31 heavy (non-hydrogen) atoms. The molecule has 2 aromatic heterocycles. The standard InChI is InChI=1S/C24H22ClN3O3/c1-4-31-19-8-6-18(7-9-19)28-15(2)11-20(16(28)3)23(29)13-27-14-26-22-10-5-17(25)12-21(22)24(27)30/h5-12,14H,4,13H2,1-3H3. The van der Waals surface area contributed by atoms with Crippen LogP contribution in [0.4, 0.5) is 0 Å². The van der Waals surface area contributed by atoms with Crippen LogP contribution in [0.5, 0.6) is 5.75 Å². The summed E-state index contributed by atoms with van der Waals surface area (Å²) in [5.74, 6) is 0.642. The number of benzene rings is 2. The van der Waals surface area contributed by atoms with Crippen LogP contribution in [0.3, 0.4) is 0 Å². The molecule has 0 saturated carbocycles. The SMILES string of the molecule is CCOc1ccc(-n2c(C)cc(C(=O)Cn3cnc4ccc(Cl)cc4c3=O)c2C)cc1. The molecule has 158 valence electrons. The molecule has 2 heterocycles. The van der Waals surface area contributed by atoms with E-state index in [0.29, 0.717) is 28.1 Å². The number of aryl methyl sites for hydroxylation is 1. The van der Waals surface area contributed by atoms with Gasteiger partial charge in [-0.1, -0.05) is 11.6 Å². The Morgan fingerprint density at radius 2 is 1.84 bits per heavy atom. The molecule has 4 rings (SSSR count). The number of aromatic nitrogens is 3. The van der Waals surface area contributed by atoms with E-state index in [-0.39, 0.29) is 17.9 Å². The monoisotopic (exact) mass is 435 g/mol. The van der Waals surface area contributed by atoms with E-state index in [2.05, 4.69) is 4.98 Å². The van der Waals surface area contributed by atoms with E-state index < -0.39 is 0 Å². The summed E-state index contributed by atoms with van der Waals surface area (Å²) in [7, 11) is 0. The highest BCUT2D eigenvalue weighted by atomic mass is 35.5. The molecule has 7 heteroatoms. The number of ether oxygens (including phenoxy) is 1. The number of halogens is 1. The number of carbonyl (C=O) groups excluding carboxylic acids is 1. The van der Waals surface area contributed by atoms with Crippen LogP contribution >= 0.6 is 11.6 Å². The van der Waals surface area contributed by atoms with Crippen molar-refractivity contribution in [3.05, 3.63) is 87.2 Å². The molecule has 6 nitrogen and oxygen atoms in total. The largest absolute Gasteiger partial charge is 0.494 e. The molecular formula is C24H22ClN3O3. The van der Waals surface area contributed by atoms with Gasteiger partial charge in [-0.2, -0.15) is 0 Å². The maximum Gasteiger partial charge on any atom is 0.261 e. The molecule has 2 aromatic carbocycles. The number of hydrogen-bond acceptors (Lipinski definition) is 4. The fourth-order valence-electron chi connectivity index (χ4n) is 3.78. The Hall–Kier alpha value is -3.38. The second-order valence-corrected chi connectivity index (χ2v) is 7.75. The van der Waals surface area contributed by atoms with E-state index in [1.807, 2.05) is 55.7 Å². The highest BCUT2D eigenvalue weighted by Gasteiger charge is 2.18. The molecule has 0 spiro atoms. The fourth-order valence-corrected chi connectivity index (χ4v) is 3.96. The topological polar surface area (TPSA) is 66.1 Å². The van der Waals surface area contributed by atoms with E-state index in [4.69, 9.17) is 16.3 Å². The third kappa shape index (κ3) is 3.99. The second kappa shape index (κ2) is 8.40. The summed E-state index contributed by atoms with van der Waals surface area (Å²) < 4.78 is 8.85. The maximum atomic E-state index is 13.1. The Morgan fingerprint density at radius 1 is 1.10 bits per heavy atom. The molecule has 0 unspecified atom stereocenters. The zero-order chi connectivity index (χ0) is 22.1. The van der Waals surface area contributed by atoms with Crippen molar-refractivity contribution < 1.29 is 9.53 Å². The summed E-state index contributed by atoms with van der Waals surface area (Å²) in [6, 6.07) is 14.5. The van der Waals surface area contributed by atoms with Crippen molar-refractivity contribution in [1.82, 2.24) is 14.1 Å². The zero-order valence-electron chi connectivity index (χ0n) is 17.6. The predicted octanol–water partition coefficient (Wildman–Crippen LogP) is 4.74. The number of hydrogen-bond donors (Lipinski definition) is 0. The van der Waals surface area contributed by atoms with Gasteiger partial charge in [0, 0.05) is 27.7 Å². The average Bonchev–Trinajstić information content (AvgIpc) is 3.05. The Bertz CT molecular complexity index is 1340. The number of nitrogens with zero attached hydrogens (tertiary/aromatic N) is 3. The summed E-state index contributed by atoms with van der Waals surface area (Å²) in [6.45, 7) is 6.30. The molecule has 0 aliphatic heterocycles. The predicted molar refractivity (Wildman–Crippen MR) is 122 cm³/mol. The first-order valence-corrected chi connectivity index (χ1v) is 10.4. The Balaban J connectivity index is 1.66. The number of carbonyl (C=O) groups is 1. The molecule has 0 atom stereocenters. The molecule has 0 aliphatic rings. The third-order valence-electron chi connectivity index (χ3n) is 5.24. The molecule has 0 aliphatic carbocycles. The lowest BCUT2D eigenvalue weighted by Gasteiger charge is -2.11. The van der Waals surface area contributed by atoms with E-state index in [9.17, 15) is 9.59 Å². The first-order chi connectivity index (χ1) is 14.9. The van der Waals surface area contributed by atoms with E-state index in [1.165, 1.54) is 10.9 Å². The lowest BCUT2D eigenvalue weighted by molar-refractivity contribution is 0.0970. The van der Waals surface area contributed by atoms with Crippen LogP contribution in [0.2, 0.25) is 5.02 Å². The quantitative estimate of drug-likeness (QED) is 0.410. The number of rotatable bonds is 6. The lowest BCUT2D eigenvalue weighted by Crippen LogP contribution is -2.25. The highest BCUT2D eigenvalue weighted by Crippen LogP contribution is 2.23. The summed E-state index contributed by atoms with van der Waals surface area (Å²) in [4.78, 5) is 30.2. The van der Waals surface area contributed by atoms with Gasteiger partial charge in [0.2, 0.25) is 0 Å². The Labute approximate surface area is 184 Å². The van der Waals surface area contributed by atoms with Crippen molar-refractivity contribution >= 4 is 28.3 Å². The minimum absolute atomic E-state index is 0.0954. The third-order valence-corrected chi connectivity index (χ3v) is 5.47. The van der Waals surface area contributed by atoms with Crippen LogP contribution in [-0.2, 0) is 6.54 Å². The Morgan fingerprint density at radius 3 is 2.55 bits per heavy atom. The van der Waals surface area contributed by atoms with Crippen LogP contribution in [0.15, 0.2) is 59.7 Å². The number of ketones is 1. The normalized spacial score (nSPS) is 11.1. The van der Waals surface area contributed by atoms with Crippen LogP contribution in [0.1, 0.15) is 28.7 Å². The summed E-state index contributed by atoms with van der Waals surface area (Å²) in [5, 5.41) is 0.844. The molecule has 4 aromatic rings. The molecule has 0 saturated heterocycles. The summed E-state index contributed by atoms with van der Waals surface area (Å²) in [5.41, 5.74) is 3.52. The Kier molecular flexibility index (Phi) is 5.65. The van der Waals surface area contributed by atoms with Crippen molar-refractivity contribution in [1.29, 1.82) is 0 Å². The van der Waals surface area contributed by atoms with Crippen LogP contribution < -0.4 is 10.3 Å². The van der Waals surface area contributed by atoms with Gasteiger partial charge in [0.05, 0.1) is 30.4 Å². The van der Waals surface area contributed by atoms with Crippen molar-refractivity contribution in [2.45, 2.75) is 27.3 Å². The van der Waals surface area contributed by atoms with Gasteiger partial charge < -0.3 is 9.30 Å². The molecule has 0 N–H and O–H groups in total.